The molecule has 0 aliphatic carbocycles. The van der Waals surface area contributed by atoms with E-state index in [0.717, 1.165) is 11.3 Å². The minimum atomic E-state index is -0.228. The molecular formula is C10H14N4O. The number of carbonyl (C=O) groups excluding carboxylic acids is 1. The van der Waals surface area contributed by atoms with Crippen LogP contribution in [0, 0.1) is 12.8 Å². The Kier molecular flexibility index (Phi) is 2.30. The van der Waals surface area contributed by atoms with Crippen LogP contribution in [0.1, 0.15) is 19.4 Å². The summed E-state index contributed by atoms with van der Waals surface area (Å²) in [7, 11) is 0. The van der Waals surface area contributed by atoms with E-state index in [1.54, 1.807) is 6.20 Å². The molecule has 0 radical (unpaired) electrons. The first-order valence-corrected chi connectivity index (χ1v) is 4.99. The topological polar surface area (TPSA) is 66.9 Å². The highest BCUT2D eigenvalue weighted by Gasteiger charge is 2.29. The number of nitrogens with one attached hydrogen (secondary N) is 2. The smallest absolute Gasteiger partial charge is 0.247 e. The molecule has 0 bridgehead atoms. The number of fused-ring (bicyclic) bond motifs is 1. The summed E-state index contributed by atoms with van der Waals surface area (Å²) in [5, 5.41) is 13.8. The molecule has 15 heavy (non-hydrogen) atoms. The van der Waals surface area contributed by atoms with Crippen molar-refractivity contribution in [1.82, 2.24) is 10.2 Å². The van der Waals surface area contributed by atoms with E-state index in [0.29, 0.717) is 5.82 Å². The lowest BCUT2D eigenvalue weighted by Crippen LogP contribution is -2.43. The molecule has 5 heteroatoms. The molecule has 0 fully saturated rings. The zero-order valence-corrected chi connectivity index (χ0v) is 9.03. The van der Waals surface area contributed by atoms with Gasteiger partial charge in [-0.2, -0.15) is 5.10 Å². The third kappa shape index (κ3) is 1.65. The maximum atomic E-state index is 11.7. The Morgan fingerprint density at radius 3 is 2.87 bits per heavy atom. The number of aromatic nitrogens is 2. The van der Waals surface area contributed by atoms with E-state index in [9.17, 15) is 4.79 Å². The van der Waals surface area contributed by atoms with Crippen LogP contribution in [0.15, 0.2) is 6.20 Å². The first-order chi connectivity index (χ1) is 7.09. The normalized spacial score (nSPS) is 19.5. The zero-order chi connectivity index (χ0) is 11.0. The summed E-state index contributed by atoms with van der Waals surface area (Å²) in [4.78, 5) is 11.7. The van der Waals surface area contributed by atoms with Gasteiger partial charge in [0.1, 0.15) is 6.04 Å². The maximum absolute atomic E-state index is 11.7. The average Bonchev–Trinajstić information content (AvgIpc) is 2.18. The van der Waals surface area contributed by atoms with Crippen LogP contribution in [0.25, 0.3) is 0 Å². The van der Waals surface area contributed by atoms with Crippen LogP contribution in [0.3, 0.4) is 0 Å². The van der Waals surface area contributed by atoms with Crippen molar-refractivity contribution >= 4 is 17.4 Å². The van der Waals surface area contributed by atoms with Crippen molar-refractivity contribution in [1.29, 1.82) is 0 Å². The third-order valence-corrected chi connectivity index (χ3v) is 2.53. The van der Waals surface area contributed by atoms with E-state index in [4.69, 9.17) is 0 Å². The van der Waals surface area contributed by atoms with E-state index in [1.807, 2.05) is 20.8 Å². The second kappa shape index (κ2) is 3.49. The van der Waals surface area contributed by atoms with Crippen LogP contribution >= 0.6 is 0 Å². The molecule has 1 amide bonds. The van der Waals surface area contributed by atoms with Crippen molar-refractivity contribution in [2.75, 3.05) is 10.6 Å². The van der Waals surface area contributed by atoms with Crippen molar-refractivity contribution in [2.45, 2.75) is 26.8 Å². The Balaban J connectivity index is 2.38. The van der Waals surface area contributed by atoms with E-state index < -0.39 is 0 Å². The summed E-state index contributed by atoms with van der Waals surface area (Å²) in [6.07, 6.45) is 1.64. The van der Waals surface area contributed by atoms with Crippen LogP contribution in [0.5, 0.6) is 0 Å². The van der Waals surface area contributed by atoms with Gasteiger partial charge in [0.15, 0.2) is 5.82 Å². The minimum Gasteiger partial charge on any atom is -0.355 e. The molecule has 2 heterocycles. The SMILES string of the molecule is Cc1cnnc2c1NC(=O)C(C(C)C)N2. The van der Waals surface area contributed by atoms with Crippen molar-refractivity contribution in [3.05, 3.63) is 11.8 Å². The molecule has 1 aromatic heterocycles. The van der Waals surface area contributed by atoms with E-state index in [2.05, 4.69) is 20.8 Å². The first-order valence-electron chi connectivity index (χ1n) is 4.99. The van der Waals surface area contributed by atoms with Gasteiger partial charge in [-0.05, 0) is 18.4 Å². The van der Waals surface area contributed by atoms with E-state index in [-0.39, 0.29) is 17.9 Å². The molecule has 1 aliphatic rings. The molecule has 0 saturated carbocycles. The fraction of sp³-hybridized carbons (Fsp3) is 0.500. The van der Waals surface area contributed by atoms with Crippen molar-refractivity contribution in [2.24, 2.45) is 5.92 Å². The molecule has 1 aromatic rings. The van der Waals surface area contributed by atoms with Gasteiger partial charge in [-0.1, -0.05) is 13.8 Å². The Morgan fingerprint density at radius 2 is 2.20 bits per heavy atom. The molecule has 1 aliphatic heterocycles. The molecule has 2 rings (SSSR count). The van der Waals surface area contributed by atoms with Gasteiger partial charge in [-0.15, -0.1) is 5.10 Å². The van der Waals surface area contributed by atoms with Crippen LogP contribution in [-0.4, -0.2) is 22.1 Å². The summed E-state index contributed by atoms with van der Waals surface area (Å²) in [6, 6.07) is -0.228. The number of amides is 1. The predicted octanol–water partition coefficient (Wildman–Crippen LogP) is 1.17. The fourth-order valence-electron chi connectivity index (χ4n) is 1.62. The van der Waals surface area contributed by atoms with Gasteiger partial charge in [0.25, 0.3) is 0 Å². The number of rotatable bonds is 1. The van der Waals surface area contributed by atoms with Crippen LogP contribution in [0.2, 0.25) is 0 Å². The Bertz CT molecular complexity index is 402. The molecule has 80 valence electrons. The Morgan fingerprint density at radius 1 is 1.47 bits per heavy atom. The minimum absolute atomic E-state index is 0.00593. The predicted molar refractivity (Wildman–Crippen MR) is 57.6 cm³/mol. The second-order valence-electron chi connectivity index (χ2n) is 4.11. The molecule has 1 unspecified atom stereocenters. The van der Waals surface area contributed by atoms with E-state index >= 15 is 0 Å². The van der Waals surface area contributed by atoms with Gasteiger partial charge in [0.2, 0.25) is 5.91 Å². The summed E-state index contributed by atoms with van der Waals surface area (Å²) in [5.74, 6) is 0.877. The molecule has 0 aromatic carbocycles. The number of anilines is 2. The summed E-state index contributed by atoms with van der Waals surface area (Å²) >= 11 is 0. The van der Waals surface area contributed by atoms with Crippen LogP contribution in [-0.2, 0) is 4.79 Å². The van der Waals surface area contributed by atoms with Crippen LogP contribution < -0.4 is 10.6 Å². The second-order valence-corrected chi connectivity index (χ2v) is 4.11. The lowest BCUT2D eigenvalue weighted by Gasteiger charge is -2.28. The molecule has 1 atom stereocenters. The highest BCUT2D eigenvalue weighted by Crippen LogP contribution is 2.28. The standard InChI is InChI=1S/C10H14N4O/c1-5(2)7-10(15)13-8-6(3)4-11-14-9(8)12-7/h4-5,7H,1-3H3,(H,12,14)(H,13,15). The van der Waals surface area contributed by atoms with Gasteiger partial charge in [-0.3, -0.25) is 4.79 Å². The zero-order valence-electron chi connectivity index (χ0n) is 9.03. The lowest BCUT2D eigenvalue weighted by atomic mass is 10.0. The van der Waals surface area contributed by atoms with Crippen molar-refractivity contribution in [3.8, 4) is 0 Å². The Hall–Kier alpha value is -1.65. The number of hydrogen-bond acceptors (Lipinski definition) is 4. The number of hydrogen-bond donors (Lipinski definition) is 2. The summed E-state index contributed by atoms with van der Waals surface area (Å²) in [6.45, 7) is 5.88. The first kappa shape index (κ1) is 9.89. The molecule has 5 nitrogen and oxygen atoms in total. The Labute approximate surface area is 88.3 Å². The van der Waals surface area contributed by atoms with Gasteiger partial charge in [0, 0.05) is 0 Å². The van der Waals surface area contributed by atoms with Crippen molar-refractivity contribution < 1.29 is 4.79 Å². The fourth-order valence-corrected chi connectivity index (χ4v) is 1.62. The largest absolute Gasteiger partial charge is 0.355 e. The number of carbonyl (C=O) groups is 1. The molecular weight excluding hydrogens is 192 g/mol. The third-order valence-electron chi connectivity index (χ3n) is 2.53. The number of aryl methyl sites for hydroxylation is 1. The van der Waals surface area contributed by atoms with Crippen LogP contribution in [0.4, 0.5) is 11.5 Å². The number of nitrogens with zero attached hydrogens (tertiary/aromatic N) is 2. The molecule has 0 spiro atoms. The molecule has 0 saturated heterocycles. The average molecular weight is 206 g/mol. The van der Waals surface area contributed by atoms with Gasteiger partial charge in [-0.25, -0.2) is 0 Å². The van der Waals surface area contributed by atoms with E-state index in [1.165, 1.54) is 0 Å². The van der Waals surface area contributed by atoms with Gasteiger partial charge < -0.3 is 10.6 Å². The van der Waals surface area contributed by atoms with Gasteiger partial charge in [0.05, 0.1) is 11.9 Å². The highest BCUT2D eigenvalue weighted by molar-refractivity contribution is 6.02. The summed E-state index contributed by atoms with van der Waals surface area (Å²) in [5.41, 5.74) is 1.66. The lowest BCUT2D eigenvalue weighted by molar-refractivity contribution is -0.117. The monoisotopic (exact) mass is 206 g/mol. The summed E-state index contributed by atoms with van der Waals surface area (Å²) < 4.78 is 0. The maximum Gasteiger partial charge on any atom is 0.247 e. The van der Waals surface area contributed by atoms with Crippen molar-refractivity contribution in [3.63, 3.8) is 0 Å². The van der Waals surface area contributed by atoms with Gasteiger partial charge >= 0.3 is 0 Å². The highest BCUT2D eigenvalue weighted by atomic mass is 16.2. The quantitative estimate of drug-likeness (QED) is 0.724. The molecule has 2 N–H and O–H groups in total.